The van der Waals surface area contributed by atoms with E-state index in [4.69, 9.17) is 4.74 Å². The minimum Gasteiger partial charge on any atom is -0.465 e. The monoisotopic (exact) mass is 418 g/mol. The number of esters is 1. The van der Waals surface area contributed by atoms with Crippen molar-refractivity contribution in [1.82, 2.24) is 15.0 Å². The lowest BCUT2D eigenvalue weighted by Gasteiger charge is -2.44. The van der Waals surface area contributed by atoms with Gasteiger partial charge in [-0.2, -0.15) is 0 Å². The van der Waals surface area contributed by atoms with Crippen molar-refractivity contribution in [2.24, 2.45) is 5.92 Å². The summed E-state index contributed by atoms with van der Waals surface area (Å²) in [4.78, 5) is 26.6. The van der Waals surface area contributed by atoms with Gasteiger partial charge in [0.15, 0.2) is 0 Å². The molecule has 7 heteroatoms. The van der Waals surface area contributed by atoms with Crippen LogP contribution < -0.4 is 4.90 Å². The topological polar surface area (TPSA) is 77.3 Å². The van der Waals surface area contributed by atoms with Gasteiger partial charge >= 0.3 is 5.97 Å². The van der Waals surface area contributed by atoms with Crippen molar-refractivity contribution in [3.63, 3.8) is 0 Å². The maximum Gasteiger partial charge on any atom is 0.337 e. The number of fused-ring (bicyclic) bond motifs is 1. The molecule has 31 heavy (non-hydrogen) atoms. The van der Waals surface area contributed by atoms with E-state index in [-0.39, 0.29) is 23.9 Å². The molecular formula is C24H26N4O3. The second kappa shape index (κ2) is 8.34. The normalized spacial score (nSPS) is 20.3. The van der Waals surface area contributed by atoms with Crippen LogP contribution in [0.25, 0.3) is 11.3 Å². The molecule has 0 fully saturated rings. The third-order valence-electron chi connectivity index (χ3n) is 6.09. The smallest absolute Gasteiger partial charge is 0.337 e. The highest BCUT2D eigenvalue weighted by Gasteiger charge is 2.41. The average Bonchev–Trinajstić information content (AvgIpc) is 3.27. The lowest BCUT2D eigenvalue weighted by molar-refractivity contribution is -0.117. The second-order valence-electron chi connectivity index (χ2n) is 7.88. The summed E-state index contributed by atoms with van der Waals surface area (Å²) in [5.41, 5.74) is 3.87. The Hall–Kier alpha value is -3.48. The summed E-state index contributed by atoms with van der Waals surface area (Å²) < 4.78 is 6.77. The van der Waals surface area contributed by atoms with Crippen LogP contribution in [0.1, 0.15) is 49.2 Å². The van der Waals surface area contributed by atoms with Crippen molar-refractivity contribution in [1.29, 1.82) is 0 Å². The molecule has 0 bridgehead atoms. The molecule has 2 aromatic carbocycles. The lowest BCUT2D eigenvalue weighted by atomic mass is 9.80. The predicted octanol–water partition coefficient (Wildman–Crippen LogP) is 4.10. The van der Waals surface area contributed by atoms with Gasteiger partial charge in [0, 0.05) is 35.7 Å². The van der Waals surface area contributed by atoms with Crippen molar-refractivity contribution in [3.05, 3.63) is 65.9 Å². The van der Waals surface area contributed by atoms with Crippen LogP contribution in [0, 0.1) is 5.92 Å². The molecule has 2 unspecified atom stereocenters. The first-order valence-corrected chi connectivity index (χ1v) is 10.5. The van der Waals surface area contributed by atoms with Gasteiger partial charge in [-0.15, -0.1) is 5.10 Å². The molecule has 160 valence electrons. The Bertz CT molecular complexity index is 1110. The molecule has 0 N–H and O–H groups in total. The maximum atomic E-state index is 12.6. The molecule has 1 amide bonds. The first kappa shape index (κ1) is 20.8. The summed E-state index contributed by atoms with van der Waals surface area (Å²) >= 11 is 0. The van der Waals surface area contributed by atoms with E-state index in [0.29, 0.717) is 5.56 Å². The van der Waals surface area contributed by atoms with Gasteiger partial charge in [0.05, 0.1) is 24.9 Å². The molecule has 0 spiro atoms. The average molecular weight is 418 g/mol. The summed E-state index contributed by atoms with van der Waals surface area (Å²) in [7, 11) is 1.36. The molecule has 4 rings (SSSR count). The fourth-order valence-corrected chi connectivity index (χ4v) is 4.66. The molecule has 0 aliphatic carbocycles. The number of methoxy groups -OCH3 is 1. The van der Waals surface area contributed by atoms with Gasteiger partial charge in [-0.1, -0.05) is 49.4 Å². The zero-order valence-electron chi connectivity index (χ0n) is 18.1. The van der Waals surface area contributed by atoms with Crippen molar-refractivity contribution in [3.8, 4) is 11.3 Å². The SMILES string of the molecule is CCC1[C@@H](C)C(n2cc(-c3ccccc3)nn2)c2cc(C(=O)OC)ccc2N1C(C)=O. The van der Waals surface area contributed by atoms with E-state index >= 15 is 0 Å². The van der Waals surface area contributed by atoms with Crippen molar-refractivity contribution in [2.75, 3.05) is 12.0 Å². The fraction of sp³-hybridized carbons (Fsp3) is 0.333. The molecule has 0 saturated heterocycles. The summed E-state index contributed by atoms with van der Waals surface area (Å²) in [6.45, 7) is 5.78. The van der Waals surface area contributed by atoms with Crippen LogP contribution in [0.4, 0.5) is 5.69 Å². The van der Waals surface area contributed by atoms with E-state index in [0.717, 1.165) is 28.9 Å². The van der Waals surface area contributed by atoms with Gasteiger partial charge in [-0.25, -0.2) is 9.48 Å². The van der Waals surface area contributed by atoms with Crippen molar-refractivity contribution >= 4 is 17.6 Å². The number of benzene rings is 2. The van der Waals surface area contributed by atoms with E-state index in [1.54, 1.807) is 13.0 Å². The van der Waals surface area contributed by atoms with Gasteiger partial charge in [0.2, 0.25) is 5.91 Å². The largest absolute Gasteiger partial charge is 0.465 e. The molecule has 0 radical (unpaired) electrons. The highest BCUT2D eigenvalue weighted by Crippen LogP contribution is 2.44. The van der Waals surface area contributed by atoms with Crippen LogP contribution in [-0.4, -0.2) is 40.0 Å². The molecule has 1 aliphatic rings. The molecule has 1 aromatic heterocycles. The predicted molar refractivity (Wildman–Crippen MR) is 118 cm³/mol. The minimum absolute atomic E-state index is 0.00310. The van der Waals surface area contributed by atoms with Gasteiger partial charge < -0.3 is 9.64 Å². The number of aromatic nitrogens is 3. The number of amides is 1. The van der Waals surface area contributed by atoms with Gasteiger partial charge in [-0.3, -0.25) is 4.79 Å². The number of hydrogen-bond donors (Lipinski definition) is 0. The fourth-order valence-electron chi connectivity index (χ4n) is 4.66. The first-order chi connectivity index (χ1) is 15.0. The summed E-state index contributed by atoms with van der Waals surface area (Å²) in [5, 5.41) is 8.83. The third-order valence-corrected chi connectivity index (χ3v) is 6.09. The number of rotatable bonds is 4. The zero-order valence-corrected chi connectivity index (χ0v) is 18.1. The molecule has 7 nitrogen and oxygen atoms in total. The molecule has 3 aromatic rings. The van der Waals surface area contributed by atoms with Crippen molar-refractivity contribution in [2.45, 2.75) is 39.3 Å². The Kier molecular flexibility index (Phi) is 5.59. The van der Waals surface area contributed by atoms with Crippen LogP contribution >= 0.6 is 0 Å². The first-order valence-electron chi connectivity index (χ1n) is 10.5. The Morgan fingerprint density at radius 3 is 2.52 bits per heavy atom. The minimum atomic E-state index is -0.412. The van der Waals surface area contributed by atoms with Gasteiger partial charge in [-0.05, 0) is 24.6 Å². The third kappa shape index (κ3) is 3.60. The van der Waals surface area contributed by atoms with Gasteiger partial charge in [0.1, 0.15) is 5.69 Å². The highest BCUT2D eigenvalue weighted by molar-refractivity contribution is 5.96. The molecular weight excluding hydrogens is 392 g/mol. The maximum absolute atomic E-state index is 12.6. The second-order valence-corrected chi connectivity index (χ2v) is 7.88. The molecule has 3 atom stereocenters. The quantitative estimate of drug-likeness (QED) is 0.596. The van der Waals surface area contributed by atoms with Gasteiger partial charge in [0.25, 0.3) is 0 Å². The van der Waals surface area contributed by atoms with E-state index in [9.17, 15) is 9.59 Å². The lowest BCUT2D eigenvalue weighted by Crippen LogP contribution is -2.49. The summed E-state index contributed by atoms with van der Waals surface area (Å²) in [6.07, 6.45) is 2.73. The molecule has 0 saturated carbocycles. The Labute approximate surface area is 181 Å². The van der Waals surface area contributed by atoms with Crippen LogP contribution in [0.15, 0.2) is 54.7 Å². The molecule has 2 heterocycles. The number of ether oxygens (including phenoxy) is 1. The zero-order chi connectivity index (χ0) is 22.1. The summed E-state index contributed by atoms with van der Waals surface area (Å²) in [6, 6.07) is 15.1. The number of carbonyl (C=O) groups excluding carboxylic acids is 2. The van der Waals surface area contributed by atoms with Crippen LogP contribution in [-0.2, 0) is 9.53 Å². The number of anilines is 1. The Morgan fingerprint density at radius 1 is 1.13 bits per heavy atom. The van der Waals surface area contributed by atoms with Crippen LogP contribution in [0.3, 0.4) is 0 Å². The molecule has 1 aliphatic heterocycles. The Morgan fingerprint density at radius 2 is 1.87 bits per heavy atom. The van der Waals surface area contributed by atoms with E-state index in [1.165, 1.54) is 7.11 Å². The standard InChI is InChI=1S/C24H26N4O3/c1-5-21-15(2)23(27-14-20(25-26-27)17-9-7-6-8-10-17)19-13-18(24(30)31-4)11-12-22(19)28(21)16(3)29/h6-15,21,23H,5H2,1-4H3/t15-,21?,23?/m1/s1. The van der Waals surface area contributed by atoms with Crippen LogP contribution in [0.2, 0.25) is 0 Å². The number of hydrogen-bond acceptors (Lipinski definition) is 5. The highest BCUT2D eigenvalue weighted by atomic mass is 16.5. The van der Waals surface area contributed by atoms with E-state index in [2.05, 4.69) is 24.2 Å². The van der Waals surface area contributed by atoms with E-state index < -0.39 is 5.97 Å². The van der Waals surface area contributed by atoms with Crippen molar-refractivity contribution < 1.29 is 14.3 Å². The Balaban J connectivity index is 1.87. The van der Waals surface area contributed by atoms with E-state index in [1.807, 2.05) is 58.2 Å². The van der Waals surface area contributed by atoms with Crippen LogP contribution in [0.5, 0.6) is 0 Å². The number of carbonyl (C=O) groups is 2. The number of nitrogens with zero attached hydrogens (tertiary/aromatic N) is 4. The summed E-state index contributed by atoms with van der Waals surface area (Å²) in [5.74, 6) is -0.378.